The molecule has 0 amide bonds. The third kappa shape index (κ3) is 9.11. The van der Waals surface area contributed by atoms with Crippen LogP contribution in [0.25, 0.3) is 0 Å². The van der Waals surface area contributed by atoms with E-state index in [4.69, 9.17) is 22.8 Å². The molecule has 4 atom stereocenters. The van der Waals surface area contributed by atoms with Gasteiger partial charge in [-0.15, -0.1) is 0 Å². The van der Waals surface area contributed by atoms with Gasteiger partial charge in [-0.1, -0.05) is 108 Å². The molecule has 0 spiro atoms. The predicted molar refractivity (Wildman–Crippen MR) is 197 cm³/mol. The molecule has 2 aromatic carbocycles. The van der Waals surface area contributed by atoms with Gasteiger partial charge in [0.2, 0.25) is 0 Å². The Morgan fingerprint density at radius 2 is 1.50 bits per heavy atom. The van der Waals surface area contributed by atoms with Crippen LogP contribution in [0.4, 0.5) is 0 Å². The zero-order chi connectivity index (χ0) is 36.6. The Labute approximate surface area is 297 Å². The van der Waals surface area contributed by atoms with E-state index >= 15 is 0 Å². The van der Waals surface area contributed by atoms with Gasteiger partial charge in [0, 0.05) is 38.0 Å². The second-order valence-electron chi connectivity index (χ2n) is 14.1. The van der Waals surface area contributed by atoms with E-state index in [1.807, 2.05) is 43.3 Å². The molecule has 0 aliphatic carbocycles. The fourth-order valence-electron chi connectivity index (χ4n) is 6.73. The molecule has 1 fully saturated rings. The molecule has 3 aromatic rings. The summed E-state index contributed by atoms with van der Waals surface area (Å²) in [5.41, 5.74) is -2.35. The molecule has 50 heavy (non-hydrogen) atoms. The van der Waals surface area contributed by atoms with Crippen LogP contribution in [-0.4, -0.2) is 76.8 Å². The summed E-state index contributed by atoms with van der Waals surface area (Å²) in [5, 5.41) is 1.93. The van der Waals surface area contributed by atoms with Crippen LogP contribution in [0.2, 0.25) is 5.04 Å². The van der Waals surface area contributed by atoms with Gasteiger partial charge >= 0.3 is 5.69 Å². The van der Waals surface area contributed by atoms with Crippen LogP contribution in [0, 0.1) is 6.92 Å². The van der Waals surface area contributed by atoms with Crippen LogP contribution >= 0.6 is 0 Å². The van der Waals surface area contributed by atoms with Gasteiger partial charge in [-0.25, -0.2) is 4.79 Å². The second-order valence-corrected chi connectivity index (χ2v) is 20.0. The number of rotatable bonds is 18. The fraction of sp³-hybridized carbons (Fsp3) is 0.568. The molecule has 0 radical (unpaired) electrons. The minimum atomic E-state index is -4.07. The number of unbranched alkanes of at least 4 members (excludes halogenated alkanes) is 2. The number of H-pyrrole nitrogens is 1. The van der Waals surface area contributed by atoms with Gasteiger partial charge in [0.1, 0.15) is 11.7 Å². The lowest BCUT2D eigenvalue weighted by atomic mass is 9.92. The summed E-state index contributed by atoms with van der Waals surface area (Å²) in [6.07, 6.45) is 2.30. The molecule has 1 aromatic heterocycles. The first-order chi connectivity index (χ1) is 23.7. The molecule has 1 saturated heterocycles. The van der Waals surface area contributed by atoms with E-state index in [0.717, 1.165) is 35.9 Å². The zero-order valence-corrected chi connectivity index (χ0v) is 32.3. The number of aryl methyl sites for hydroxylation is 1. The average Bonchev–Trinajstić information content (AvgIpc) is 3.34. The number of hydrogen-bond acceptors (Lipinski definition) is 9. The molecule has 1 aliphatic rings. The number of aromatic nitrogens is 2. The molecule has 0 saturated carbocycles. The molecule has 1 N–H and O–H groups in total. The van der Waals surface area contributed by atoms with Crippen molar-refractivity contribution in [2.24, 2.45) is 0 Å². The van der Waals surface area contributed by atoms with Gasteiger partial charge in [-0.3, -0.25) is 18.5 Å². The lowest BCUT2D eigenvalue weighted by Gasteiger charge is -2.44. The monoisotopic (exact) mass is 730 g/mol. The summed E-state index contributed by atoms with van der Waals surface area (Å²) in [5.74, 6) is 0. The standard InChI is InChI=1S/C37H54N2O9SSi/c1-8-10-23-44-27-37(22-25-46-50(36(4,5)6,29-18-14-12-15-19-29)30-20-16-13-17-21-30)32(45-24-11-9-2)31(48-49(7,42)43)34(47-37)39-26-28(3)33(40)38-35(39)41/h12-21,26,31-32,34H,8-11,22-25,27H2,1-7H3,(H,38,40,41)/t31-,32?,34+,37+/m0/s1. The highest BCUT2D eigenvalue weighted by molar-refractivity contribution is 7.86. The van der Waals surface area contributed by atoms with Gasteiger partial charge < -0.3 is 18.6 Å². The second kappa shape index (κ2) is 17.1. The van der Waals surface area contributed by atoms with Gasteiger partial charge in [0.05, 0.1) is 12.9 Å². The normalized spacial score (nSPS) is 21.5. The van der Waals surface area contributed by atoms with E-state index in [0.29, 0.717) is 19.6 Å². The number of hydrogen-bond donors (Lipinski definition) is 1. The SMILES string of the molecule is CCCCOC[C@@]1(CCO[Si](c2ccccc2)(c2ccccc2)C(C)(C)C)O[C@@H](n2cc(C)c(=O)[nH]c2=O)[C@@H](OS(C)(=O)=O)C1OCCCC. The summed E-state index contributed by atoms with van der Waals surface area (Å²) in [4.78, 5) is 27.9. The number of aromatic amines is 1. The van der Waals surface area contributed by atoms with E-state index < -0.39 is 53.7 Å². The van der Waals surface area contributed by atoms with Crippen LogP contribution in [0.1, 0.15) is 78.5 Å². The quantitative estimate of drug-likeness (QED) is 0.115. The number of nitrogens with zero attached hydrogens (tertiary/aromatic N) is 1. The predicted octanol–water partition coefficient (Wildman–Crippen LogP) is 4.43. The third-order valence-electron chi connectivity index (χ3n) is 9.20. The number of nitrogens with one attached hydrogen (secondary N) is 1. The summed E-state index contributed by atoms with van der Waals surface area (Å²) >= 11 is 0. The third-order valence-corrected chi connectivity index (χ3v) is 14.8. The van der Waals surface area contributed by atoms with Gasteiger partial charge in [0.15, 0.2) is 12.3 Å². The maximum absolute atomic E-state index is 13.3. The lowest BCUT2D eigenvalue weighted by molar-refractivity contribution is -0.159. The van der Waals surface area contributed by atoms with Crippen molar-refractivity contribution >= 4 is 28.8 Å². The van der Waals surface area contributed by atoms with Crippen molar-refractivity contribution < 1.29 is 31.2 Å². The van der Waals surface area contributed by atoms with Crippen LogP contribution in [0.3, 0.4) is 0 Å². The van der Waals surface area contributed by atoms with Crippen LogP contribution in [0.15, 0.2) is 76.4 Å². The first-order valence-corrected chi connectivity index (χ1v) is 21.2. The smallest absolute Gasteiger partial charge is 0.330 e. The summed E-state index contributed by atoms with van der Waals surface area (Å²) in [6, 6.07) is 20.6. The highest BCUT2D eigenvalue weighted by Gasteiger charge is 2.59. The van der Waals surface area contributed by atoms with E-state index in [1.54, 1.807) is 6.92 Å². The van der Waals surface area contributed by atoms with Gasteiger partial charge in [-0.05, 0) is 35.2 Å². The van der Waals surface area contributed by atoms with Crippen molar-refractivity contribution in [1.29, 1.82) is 0 Å². The summed E-state index contributed by atoms with van der Waals surface area (Å²) in [7, 11) is -7.04. The molecule has 0 bridgehead atoms. The van der Waals surface area contributed by atoms with Crippen LogP contribution in [-0.2, 0) is 32.9 Å². The van der Waals surface area contributed by atoms with E-state index in [1.165, 1.54) is 10.8 Å². The molecule has 276 valence electrons. The Morgan fingerprint density at radius 1 is 0.920 bits per heavy atom. The Hall–Kier alpha value is -2.91. The van der Waals surface area contributed by atoms with Crippen molar-refractivity contribution in [3.8, 4) is 0 Å². The number of ether oxygens (including phenoxy) is 3. The van der Waals surface area contributed by atoms with Crippen molar-refractivity contribution in [1.82, 2.24) is 9.55 Å². The van der Waals surface area contributed by atoms with Crippen molar-refractivity contribution in [3.63, 3.8) is 0 Å². The molecule has 4 rings (SSSR count). The van der Waals surface area contributed by atoms with E-state index in [2.05, 4.69) is 56.9 Å². The van der Waals surface area contributed by atoms with Gasteiger partial charge in [-0.2, -0.15) is 8.42 Å². The molecule has 13 heteroatoms. The Morgan fingerprint density at radius 3 is 2.04 bits per heavy atom. The highest BCUT2D eigenvalue weighted by atomic mass is 32.2. The van der Waals surface area contributed by atoms with Crippen LogP contribution < -0.4 is 21.6 Å². The summed E-state index contributed by atoms with van der Waals surface area (Å²) < 4.78 is 59.4. The maximum atomic E-state index is 13.3. The van der Waals surface area contributed by atoms with Crippen molar-refractivity contribution in [2.45, 2.75) is 103 Å². The first-order valence-electron chi connectivity index (χ1n) is 17.5. The molecule has 11 nitrogen and oxygen atoms in total. The van der Waals surface area contributed by atoms with E-state index in [9.17, 15) is 18.0 Å². The average molecular weight is 731 g/mol. The number of benzene rings is 2. The Kier molecular flexibility index (Phi) is 13.6. The van der Waals surface area contributed by atoms with Crippen LogP contribution in [0.5, 0.6) is 0 Å². The molecule has 1 unspecified atom stereocenters. The Bertz CT molecular complexity index is 1700. The topological polar surface area (TPSA) is 135 Å². The lowest BCUT2D eigenvalue weighted by Crippen LogP contribution is -2.67. The molecule has 1 aliphatic heterocycles. The zero-order valence-electron chi connectivity index (χ0n) is 30.5. The maximum Gasteiger partial charge on any atom is 0.330 e. The largest absolute Gasteiger partial charge is 0.407 e. The minimum absolute atomic E-state index is 0.0328. The van der Waals surface area contributed by atoms with E-state index in [-0.39, 0.29) is 30.2 Å². The Balaban J connectivity index is 1.85. The molecule has 2 heterocycles. The molecular weight excluding hydrogens is 677 g/mol. The minimum Gasteiger partial charge on any atom is -0.407 e. The first kappa shape index (κ1) is 39.9. The molecular formula is C37H54N2O9SSi. The fourth-order valence-corrected chi connectivity index (χ4v) is 11.9. The van der Waals surface area contributed by atoms with Crippen molar-refractivity contribution in [2.75, 3.05) is 32.7 Å². The van der Waals surface area contributed by atoms with Gasteiger partial charge in [0.25, 0.3) is 24.0 Å². The van der Waals surface area contributed by atoms with Crippen molar-refractivity contribution in [3.05, 3.63) is 93.3 Å². The highest BCUT2D eigenvalue weighted by Crippen LogP contribution is 2.44. The summed E-state index contributed by atoms with van der Waals surface area (Å²) in [6.45, 7) is 13.2.